The Labute approximate surface area is 150 Å². The lowest BCUT2D eigenvalue weighted by atomic mass is 10.1. The van der Waals surface area contributed by atoms with Crippen LogP contribution in [0.3, 0.4) is 0 Å². The third-order valence-corrected chi connectivity index (χ3v) is 4.40. The number of hydrogen-bond donors (Lipinski definition) is 1. The molecule has 0 radical (unpaired) electrons. The van der Waals surface area contributed by atoms with Crippen LogP contribution >= 0.6 is 0 Å². The number of nitrogens with zero attached hydrogens (tertiary/aromatic N) is 5. The number of fused-ring (bicyclic) bond motifs is 1. The SMILES string of the molecule is CN(C)C(=O)Cn1nc2n(c1=O)CCN(Cc1ccc(C(=O)O)cc1)C2. The van der Waals surface area contributed by atoms with Gasteiger partial charge in [0.15, 0.2) is 0 Å². The van der Waals surface area contributed by atoms with Crippen molar-refractivity contribution < 1.29 is 14.7 Å². The molecule has 0 fully saturated rings. The Kier molecular flexibility index (Phi) is 4.90. The molecule has 1 amide bonds. The van der Waals surface area contributed by atoms with Crippen LogP contribution in [0.1, 0.15) is 21.7 Å². The van der Waals surface area contributed by atoms with E-state index in [0.717, 1.165) is 5.56 Å². The number of carbonyl (C=O) groups excluding carboxylic acids is 1. The second-order valence-corrected chi connectivity index (χ2v) is 6.51. The summed E-state index contributed by atoms with van der Waals surface area (Å²) in [7, 11) is 3.28. The molecule has 0 bridgehead atoms. The van der Waals surface area contributed by atoms with Gasteiger partial charge in [-0.25, -0.2) is 14.3 Å². The van der Waals surface area contributed by atoms with Gasteiger partial charge in [0, 0.05) is 33.7 Å². The smallest absolute Gasteiger partial charge is 0.346 e. The topological polar surface area (TPSA) is 101 Å². The van der Waals surface area contributed by atoms with Gasteiger partial charge in [0.25, 0.3) is 0 Å². The zero-order valence-electron chi connectivity index (χ0n) is 14.8. The first kappa shape index (κ1) is 17.9. The van der Waals surface area contributed by atoms with Crippen LogP contribution in [0.5, 0.6) is 0 Å². The minimum absolute atomic E-state index is 0.0670. The minimum atomic E-state index is -0.948. The van der Waals surface area contributed by atoms with Gasteiger partial charge in [0.05, 0.1) is 12.1 Å². The molecular weight excluding hydrogens is 338 g/mol. The molecule has 0 unspecified atom stereocenters. The van der Waals surface area contributed by atoms with Gasteiger partial charge in [-0.2, -0.15) is 5.10 Å². The predicted molar refractivity (Wildman–Crippen MR) is 92.7 cm³/mol. The Bertz CT molecular complexity index is 882. The maximum Gasteiger partial charge on any atom is 0.346 e. The van der Waals surface area contributed by atoms with Crippen molar-refractivity contribution in [1.82, 2.24) is 24.1 Å². The fourth-order valence-corrected chi connectivity index (χ4v) is 2.87. The van der Waals surface area contributed by atoms with E-state index in [1.54, 1.807) is 42.9 Å². The number of benzene rings is 1. The van der Waals surface area contributed by atoms with Gasteiger partial charge in [-0.3, -0.25) is 14.3 Å². The van der Waals surface area contributed by atoms with E-state index in [9.17, 15) is 14.4 Å². The molecule has 3 rings (SSSR count). The number of hydrogen-bond acceptors (Lipinski definition) is 5. The van der Waals surface area contributed by atoms with Crippen molar-refractivity contribution >= 4 is 11.9 Å². The second kappa shape index (κ2) is 7.12. The van der Waals surface area contributed by atoms with Gasteiger partial charge in [0.1, 0.15) is 12.4 Å². The summed E-state index contributed by atoms with van der Waals surface area (Å²) in [4.78, 5) is 38.7. The van der Waals surface area contributed by atoms with E-state index in [2.05, 4.69) is 10.00 Å². The van der Waals surface area contributed by atoms with Crippen molar-refractivity contribution in [2.75, 3.05) is 20.6 Å². The summed E-state index contributed by atoms with van der Waals surface area (Å²) in [5.41, 5.74) is 0.985. The molecule has 1 aliphatic heterocycles. The first-order chi connectivity index (χ1) is 12.3. The quantitative estimate of drug-likeness (QED) is 0.797. The molecular formula is C17H21N5O4. The Morgan fingerprint density at radius 2 is 1.88 bits per heavy atom. The number of aromatic nitrogens is 3. The molecule has 1 aromatic heterocycles. The lowest BCUT2D eigenvalue weighted by Gasteiger charge is -2.26. The molecule has 0 spiro atoms. The molecule has 1 N–H and O–H groups in total. The minimum Gasteiger partial charge on any atom is -0.478 e. The molecule has 0 atom stereocenters. The fraction of sp³-hybridized carbons (Fsp3) is 0.412. The van der Waals surface area contributed by atoms with Crippen LogP contribution in [0, 0.1) is 0 Å². The molecule has 2 aromatic rings. The van der Waals surface area contributed by atoms with Crippen LogP contribution < -0.4 is 5.69 Å². The number of amides is 1. The standard InChI is InChI=1S/C17H21N5O4/c1-19(2)15(23)11-22-17(26)21-8-7-20(10-14(21)18-22)9-12-3-5-13(6-4-12)16(24)25/h3-6H,7-11H2,1-2H3,(H,24,25). The van der Waals surface area contributed by atoms with Crippen LogP contribution in [0.25, 0.3) is 0 Å². The molecule has 0 aliphatic carbocycles. The molecule has 1 aromatic carbocycles. The summed E-state index contributed by atoms with van der Waals surface area (Å²) in [5, 5.41) is 13.3. The molecule has 9 nitrogen and oxygen atoms in total. The summed E-state index contributed by atoms with van der Waals surface area (Å²) in [5.74, 6) is -0.496. The molecule has 9 heteroatoms. The zero-order valence-corrected chi connectivity index (χ0v) is 14.8. The maximum absolute atomic E-state index is 12.4. The van der Waals surface area contributed by atoms with Crippen molar-refractivity contribution in [3.05, 3.63) is 51.7 Å². The van der Waals surface area contributed by atoms with Gasteiger partial charge >= 0.3 is 11.7 Å². The molecule has 1 aliphatic rings. The van der Waals surface area contributed by atoms with Crippen molar-refractivity contribution in [2.45, 2.75) is 26.2 Å². The lowest BCUT2D eigenvalue weighted by Crippen LogP contribution is -2.38. The largest absolute Gasteiger partial charge is 0.478 e. The summed E-state index contributed by atoms with van der Waals surface area (Å²) in [6.45, 7) is 2.26. The van der Waals surface area contributed by atoms with Crippen LogP contribution in [0.2, 0.25) is 0 Å². The third kappa shape index (κ3) is 3.67. The number of rotatable bonds is 5. The third-order valence-electron chi connectivity index (χ3n) is 4.40. The van der Waals surface area contributed by atoms with Gasteiger partial charge < -0.3 is 10.0 Å². The highest BCUT2D eigenvalue weighted by atomic mass is 16.4. The van der Waals surface area contributed by atoms with E-state index < -0.39 is 5.97 Å². The summed E-state index contributed by atoms with van der Waals surface area (Å²) < 4.78 is 2.82. The van der Waals surface area contributed by atoms with Crippen LogP contribution in [-0.2, 0) is 31.0 Å². The Balaban J connectivity index is 1.70. The zero-order chi connectivity index (χ0) is 18.8. The number of aromatic carboxylic acids is 1. The van der Waals surface area contributed by atoms with E-state index in [-0.39, 0.29) is 23.7 Å². The van der Waals surface area contributed by atoms with Crippen LogP contribution in [0.4, 0.5) is 0 Å². The maximum atomic E-state index is 12.4. The number of carbonyl (C=O) groups is 2. The molecule has 26 heavy (non-hydrogen) atoms. The Morgan fingerprint density at radius 3 is 2.50 bits per heavy atom. The molecule has 138 valence electrons. The van der Waals surface area contributed by atoms with Crippen molar-refractivity contribution in [2.24, 2.45) is 0 Å². The Hall–Kier alpha value is -2.94. The van der Waals surface area contributed by atoms with Crippen molar-refractivity contribution in [1.29, 1.82) is 0 Å². The van der Waals surface area contributed by atoms with Crippen molar-refractivity contribution in [3.63, 3.8) is 0 Å². The van der Waals surface area contributed by atoms with E-state index >= 15 is 0 Å². The molecule has 2 heterocycles. The van der Waals surface area contributed by atoms with Crippen LogP contribution in [-0.4, -0.2) is 61.8 Å². The van der Waals surface area contributed by atoms with Crippen molar-refractivity contribution in [3.8, 4) is 0 Å². The normalized spacial score (nSPS) is 14.1. The summed E-state index contributed by atoms with van der Waals surface area (Å²) in [6.07, 6.45) is 0. The number of carboxylic acid groups (broad SMARTS) is 1. The van der Waals surface area contributed by atoms with E-state index in [1.165, 1.54) is 9.58 Å². The predicted octanol–water partition coefficient (Wildman–Crippen LogP) is -0.153. The first-order valence-electron chi connectivity index (χ1n) is 8.26. The second-order valence-electron chi connectivity index (χ2n) is 6.51. The number of likely N-dealkylation sites (N-methyl/N-ethyl adjacent to an activating group) is 1. The van der Waals surface area contributed by atoms with E-state index in [4.69, 9.17) is 5.11 Å². The Morgan fingerprint density at radius 1 is 1.19 bits per heavy atom. The van der Waals surface area contributed by atoms with Gasteiger partial charge in [-0.05, 0) is 17.7 Å². The van der Waals surface area contributed by atoms with Gasteiger partial charge in [-0.1, -0.05) is 12.1 Å². The lowest BCUT2D eigenvalue weighted by molar-refractivity contribution is -0.129. The average molecular weight is 359 g/mol. The fourth-order valence-electron chi connectivity index (χ4n) is 2.87. The monoisotopic (exact) mass is 359 g/mol. The van der Waals surface area contributed by atoms with E-state index in [1.807, 2.05) is 0 Å². The average Bonchev–Trinajstić information content (AvgIpc) is 2.90. The molecule has 0 saturated carbocycles. The van der Waals surface area contributed by atoms with Gasteiger partial charge in [0.2, 0.25) is 5.91 Å². The summed E-state index contributed by atoms with van der Waals surface area (Å²) in [6, 6.07) is 6.75. The first-order valence-corrected chi connectivity index (χ1v) is 8.26. The van der Waals surface area contributed by atoms with Gasteiger partial charge in [-0.15, -0.1) is 0 Å². The molecule has 0 saturated heterocycles. The number of carboxylic acids is 1. The highest BCUT2D eigenvalue weighted by molar-refractivity contribution is 5.87. The highest BCUT2D eigenvalue weighted by Crippen LogP contribution is 2.13. The summed E-state index contributed by atoms with van der Waals surface area (Å²) >= 11 is 0. The highest BCUT2D eigenvalue weighted by Gasteiger charge is 2.23. The van der Waals surface area contributed by atoms with Crippen LogP contribution in [0.15, 0.2) is 29.1 Å². The van der Waals surface area contributed by atoms with E-state index in [0.29, 0.717) is 32.0 Å².